The minimum Gasteiger partial charge on any atom is -0.341 e. The van der Waals surface area contributed by atoms with Gasteiger partial charge < -0.3 is 10.6 Å². The van der Waals surface area contributed by atoms with Gasteiger partial charge in [-0.3, -0.25) is 4.79 Å². The van der Waals surface area contributed by atoms with E-state index in [0.717, 1.165) is 6.42 Å². The highest BCUT2D eigenvalue weighted by atomic mass is 16.2. The lowest BCUT2D eigenvalue weighted by Crippen LogP contribution is -2.45. The number of rotatable bonds is 5. The Morgan fingerprint density at radius 1 is 1.64 bits per heavy atom. The molecule has 0 aromatic heterocycles. The third kappa shape index (κ3) is 3.75. The fourth-order valence-electron chi connectivity index (χ4n) is 1.18. The van der Waals surface area contributed by atoms with Gasteiger partial charge in [0.05, 0.1) is 18.5 Å². The van der Waals surface area contributed by atoms with E-state index in [2.05, 4.69) is 0 Å². The maximum Gasteiger partial charge on any atom is 0.239 e. The molecule has 0 radical (unpaired) electrons. The summed E-state index contributed by atoms with van der Waals surface area (Å²) in [7, 11) is 1.69. The lowest BCUT2D eigenvalue weighted by atomic mass is 10.1. The normalized spacial score (nSPS) is 14.2. The summed E-state index contributed by atoms with van der Waals surface area (Å²) in [6, 6.07) is 1.55. The first-order chi connectivity index (χ1) is 6.54. The van der Waals surface area contributed by atoms with Crippen molar-refractivity contribution >= 4 is 5.91 Å². The molecule has 1 amide bonds. The zero-order chi connectivity index (χ0) is 11.1. The predicted molar refractivity (Wildman–Crippen MR) is 55.3 cm³/mol. The summed E-state index contributed by atoms with van der Waals surface area (Å²) >= 11 is 0. The Morgan fingerprint density at radius 2 is 2.21 bits per heavy atom. The van der Waals surface area contributed by atoms with Gasteiger partial charge in [-0.15, -0.1) is 0 Å². The van der Waals surface area contributed by atoms with Crippen LogP contribution in [0.15, 0.2) is 0 Å². The maximum atomic E-state index is 11.6. The van der Waals surface area contributed by atoms with Crippen LogP contribution in [-0.4, -0.2) is 29.9 Å². The van der Waals surface area contributed by atoms with Crippen molar-refractivity contribution in [3.63, 3.8) is 0 Å². The van der Waals surface area contributed by atoms with Crippen molar-refractivity contribution < 1.29 is 4.79 Å². The van der Waals surface area contributed by atoms with Crippen LogP contribution in [0.4, 0.5) is 0 Å². The van der Waals surface area contributed by atoms with Gasteiger partial charge >= 0.3 is 0 Å². The second-order valence-electron chi connectivity index (χ2n) is 3.56. The Morgan fingerprint density at radius 3 is 2.64 bits per heavy atom. The minimum atomic E-state index is -0.425. The molecular weight excluding hydrogens is 178 g/mol. The second-order valence-corrected chi connectivity index (χ2v) is 3.56. The van der Waals surface area contributed by atoms with Gasteiger partial charge in [0.2, 0.25) is 5.91 Å². The Kier molecular flexibility index (Phi) is 5.89. The van der Waals surface area contributed by atoms with E-state index in [-0.39, 0.29) is 11.9 Å². The van der Waals surface area contributed by atoms with Gasteiger partial charge in [0.1, 0.15) is 0 Å². The van der Waals surface area contributed by atoms with Gasteiger partial charge in [0, 0.05) is 13.1 Å². The third-order valence-corrected chi connectivity index (χ3v) is 2.31. The second kappa shape index (κ2) is 6.39. The van der Waals surface area contributed by atoms with Crippen LogP contribution in [0.2, 0.25) is 0 Å². The fourth-order valence-corrected chi connectivity index (χ4v) is 1.18. The summed E-state index contributed by atoms with van der Waals surface area (Å²) in [5, 5.41) is 8.49. The first-order valence-corrected chi connectivity index (χ1v) is 4.93. The maximum absolute atomic E-state index is 11.6. The number of nitrogens with zero attached hydrogens (tertiary/aromatic N) is 2. The molecule has 4 heteroatoms. The summed E-state index contributed by atoms with van der Waals surface area (Å²) < 4.78 is 0. The number of carbonyl (C=O) groups is 1. The molecule has 0 spiro atoms. The van der Waals surface area contributed by atoms with E-state index < -0.39 is 6.04 Å². The molecule has 0 rings (SSSR count). The van der Waals surface area contributed by atoms with Gasteiger partial charge in [0.25, 0.3) is 0 Å². The summed E-state index contributed by atoms with van der Waals surface area (Å²) in [5.74, 6) is -0.0744. The van der Waals surface area contributed by atoms with Gasteiger partial charge in [-0.1, -0.05) is 13.3 Å². The molecule has 4 nitrogen and oxygen atoms in total. The molecular formula is C10H19N3O. The van der Waals surface area contributed by atoms with Crippen molar-refractivity contribution in [3.05, 3.63) is 0 Å². The van der Waals surface area contributed by atoms with E-state index in [9.17, 15) is 4.79 Å². The summed E-state index contributed by atoms with van der Waals surface area (Å²) in [6.07, 6.45) is 1.94. The largest absolute Gasteiger partial charge is 0.341 e. The molecule has 0 heterocycles. The molecule has 14 heavy (non-hydrogen) atoms. The average molecular weight is 197 g/mol. The summed E-state index contributed by atoms with van der Waals surface area (Å²) in [5.41, 5.74) is 5.69. The number of likely N-dealkylation sites (N-methyl/N-ethyl adjacent to an activating group) is 1. The summed E-state index contributed by atoms with van der Waals surface area (Å²) in [4.78, 5) is 13.2. The van der Waals surface area contributed by atoms with E-state index in [1.54, 1.807) is 11.9 Å². The zero-order valence-electron chi connectivity index (χ0n) is 9.16. The third-order valence-electron chi connectivity index (χ3n) is 2.31. The van der Waals surface area contributed by atoms with Crippen LogP contribution in [-0.2, 0) is 4.79 Å². The Hall–Kier alpha value is -1.08. The van der Waals surface area contributed by atoms with Crippen LogP contribution >= 0.6 is 0 Å². The van der Waals surface area contributed by atoms with E-state index in [4.69, 9.17) is 11.0 Å². The Labute approximate surface area is 85.7 Å². The molecule has 0 saturated carbocycles. The molecule has 80 valence electrons. The van der Waals surface area contributed by atoms with Crippen LogP contribution in [0.5, 0.6) is 0 Å². The number of carbonyl (C=O) groups excluding carboxylic acids is 1. The highest BCUT2D eigenvalue weighted by Crippen LogP contribution is 2.04. The van der Waals surface area contributed by atoms with Crippen LogP contribution in [0.25, 0.3) is 0 Å². The monoisotopic (exact) mass is 197 g/mol. The van der Waals surface area contributed by atoms with Crippen molar-refractivity contribution in [1.29, 1.82) is 5.26 Å². The van der Waals surface area contributed by atoms with E-state index >= 15 is 0 Å². The topological polar surface area (TPSA) is 70.1 Å². The van der Waals surface area contributed by atoms with Crippen molar-refractivity contribution in [1.82, 2.24) is 4.90 Å². The quantitative estimate of drug-likeness (QED) is 0.711. The van der Waals surface area contributed by atoms with Gasteiger partial charge in [-0.05, 0) is 13.3 Å². The van der Waals surface area contributed by atoms with Gasteiger partial charge in [0.15, 0.2) is 0 Å². The molecule has 0 aliphatic carbocycles. The molecule has 2 N–H and O–H groups in total. The zero-order valence-corrected chi connectivity index (χ0v) is 9.16. The van der Waals surface area contributed by atoms with Crippen LogP contribution in [0.1, 0.15) is 33.1 Å². The lowest BCUT2D eigenvalue weighted by Gasteiger charge is -2.25. The number of hydrogen-bond donors (Lipinski definition) is 1. The molecule has 2 atom stereocenters. The number of nitrogens with two attached hydrogens (primary N) is 1. The van der Waals surface area contributed by atoms with Gasteiger partial charge in [-0.2, -0.15) is 5.26 Å². The van der Waals surface area contributed by atoms with Crippen LogP contribution < -0.4 is 5.73 Å². The first-order valence-electron chi connectivity index (χ1n) is 4.93. The molecule has 0 aliphatic rings. The van der Waals surface area contributed by atoms with Gasteiger partial charge in [-0.25, -0.2) is 0 Å². The smallest absolute Gasteiger partial charge is 0.239 e. The lowest BCUT2D eigenvalue weighted by molar-refractivity contribution is -0.133. The standard InChI is InChI=1S/C10H19N3O/c1-4-5-9(12)10(14)13(3)8(2)6-7-11/h8-9H,4-6,12H2,1-3H3. The minimum absolute atomic E-state index is 0.0598. The first kappa shape index (κ1) is 12.9. The predicted octanol–water partition coefficient (Wildman–Crippen LogP) is 0.874. The SMILES string of the molecule is CCCC(N)C(=O)N(C)C(C)CC#N. The van der Waals surface area contributed by atoms with Crippen molar-refractivity contribution in [3.8, 4) is 6.07 Å². The van der Waals surface area contributed by atoms with Crippen LogP contribution in [0.3, 0.4) is 0 Å². The summed E-state index contributed by atoms with van der Waals surface area (Å²) in [6.45, 7) is 3.84. The number of hydrogen-bond acceptors (Lipinski definition) is 3. The molecule has 0 aliphatic heterocycles. The highest BCUT2D eigenvalue weighted by Gasteiger charge is 2.20. The van der Waals surface area contributed by atoms with Crippen LogP contribution in [0, 0.1) is 11.3 Å². The Balaban J connectivity index is 4.17. The number of nitriles is 1. The Bertz CT molecular complexity index is 222. The molecule has 0 aromatic carbocycles. The molecule has 0 saturated heterocycles. The van der Waals surface area contributed by atoms with Crippen molar-refractivity contribution in [2.24, 2.45) is 5.73 Å². The van der Waals surface area contributed by atoms with E-state index in [0.29, 0.717) is 12.8 Å². The fraction of sp³-hybridized carbons (Fsp3) is 0.800. The van der Waals surface area contributed by atoms with E-state index in [1.807, 2.05) is 19.9 Å². The molecule has 0 fully saturated rings. The van der Waals surface area contributed by atoms with E-state index in [1.165, 1.54) is 0 Å². The molecule has 2 unspecified atom stereocenters. The van der Waals surface area contributed by atoms with Crippen molar-refractivity contribution in [2.45, 2.75) is 45.2 Å². The number of amides is 1. The van der Waals surface area contributed by atoms with Crippen molar-refractivity contribution in [2.75, 3.05) is 7.05 Å². The average Bonchev–Trinajstić information content (AvgIpc) is 2.16. The molecule has 0 aromatic rings. The highest BCUT2D eigenvalue weighted by molar-refractivity contribution is 5.81. The molecule has 0 bridgehead atoms.